The molecule has 0 heterocycles. The Bertz CT molecular complexity index is 647. The van der Waals surface area contributed by atoms with E-state index in [1.807, 2.05) is 0 Å². The molecule has 6 heteroatoms. The highest BCUT2D eigenvalue weighted by molar-refractivity contribution is 9.10. The van der Waals surface area contributed by atoms with E-state index in [-0.39, 0.29) is 5.56 Å². The van der Waals surface area contributed by atoms with Crippen LogP contribution in [0.3, 0.4) is 0 Å². The van der Waals surface area contributed by atoms with Crippen molar-refractivity contribution in [2.75, 3.05) is 11.1 Å². The molecule has 19 heavy (non-hydrogen) atoms. The Balaban J connectivity index is 2.28. The Kier molecular flexibility index (Phi) is 3.80. The molecule has 0 aromatic heterocycles. The average Bonchev–Trinajstić information content (AvgIpc) is 2.36. The summed E-state index contributed by atoms with van der Waals surface area (Å²) in [5.74, 6) is -2.97. The van der Waals surface area contributed by atoms with E-state index in [9.17, 15) is 13.6 Å². The van der Waals surface area contributed by atoms with E-state index < -0.39 is 17.5 Å². The van der Waals surface area contributed by atoms with Crippen LogP contribution >= 0.6 is 15.9 Å². The Hall–Kier alpha value is -1.95. The Morgan fingerprint density at radius 1 is 1.21 bits per heavy atom. The van der Waals surface area contributed by atoms with Crippen LogP contribution in [0, 0.1) is 11.6 Å². The zero-order valence-corrected chi connectivity index (χ0v) is 11.2. The summed E-state index contributed by atoms with van der Waals surface area (Å²) in [5.41, 5.74) is 6.14. The maximum atomic E-state index is 13.5. The SMILES string of the molecule is Nc1ccc(NC(=O)c2cccc(F)c2F)c(Br)c1. The van der Waals surface area contributed by atoms with Gasteiger partial charge in [0, 0.05) is 10.2 Å². The van der Waals surface area contributed by atoms with E-state index in [2.05, 4.69) is 21.2 Å². The van der Waals surface area contributed by atoms with Gasteiger partial charge in [-0.05, 0) is 46.3 Å². The Morgan fingerprint density at radius 3 is 2.63 bits per heavy atom. The lowest BCUT2D eigenvalue weighted by molar-refractivity contribution is 0.102. The summed E-state index contributed by atoms with van der Waals surface area (Å²) in [5, 5.41) is 2.47. The second-order valence-electron chi connectivity index (χ2n) is 3.79. The summed E-state index contributed by atoms with van der Waals surface area (Å²) in [6.45, 7) is 0. The third-order valence-corrected chi connectivity index (χ3v) is 3.09. The van der Waals surface area contributed by atoms with Crippen molar-refractivity contribution in [3.8, 4) is 0 Å². The lowest BCUT2D eigenvalue weighted by Crippen LogP contribution is -2.14. The van der Waals surface area contributed by atoms with E-state index in [0.717, 1.165) is 6.07 Å². The normalized spacial score (nSPS) is 10.3. The summed E-state index contributed by atoms with van der Waals surface area (Å²) < 4.78 is 27.0. The van der Waals surface area contributed by atoms with Gasteiger partial charge in [0.1, 0.15) is 0 Å². The largest absolute Gasteiger partial charge is 0.399 e. The minimum Gasteiger partial charge on any atom is -0.399 e. The minimum atomic E-state index is -1.17. The van der Waals surface area contributed by atoms with Gasteiger partial charge in [-0.2, -0.15) is 0 Å². The van der Waals surface area contributed by atoms with Gasteiger partial charge in [-0.15, -0.1) is 0 Å². The predicted molar refractivity (Wildman–Crippen MR) is 72.9 cm³/mol. The highest BCUT2D eigenvalue weighted by atomic mass is 79.9. The molecule has 2 aromatic carbocycles. The third-order valence-electron chi connectivity index (χ3n) is 2.44. The van der Waals surface area contributed by atoms with Gasteiger partial charge in [0.25, 0.3) is 5.91 Å². The molecule has 0 radical (unpaired) electrons. The van der Waals surface area contributed by atoms with Crippen molar-refractivity contribution in [3.05, 3.63) is 58.1 Å². The van der Waals surface area contributed by atoms with Crippen molar-refractivity contribution in [1.29, 1.82) is 0 Å². The predicted octanol–water partition coefficient (Wildman–Crippen LogP) is 3.56. The minimum absolute atomic E-state index is 0.358. The maximum Gasteiger partial charge on any atom is 0.258 e. The number of halogens is 3. The first-order valence-electron chi connectivity index (χ1n) is 5.29. The fourth-order valence-corrected chi connectivity index (χ4v) is 2.00. The van der Waals surface area contributed by atoms with Gasteiger partial charge < -0.3 is 11.1 Å². The van der Waals surface area contributed by atoms with Crippen LogP contribution in [0.4, 0.5) is 20.2 Å². The molecule has 0 aliphatic carbocycles. The molecular weight excluding hydrogens is 318 g/mol. The fourth-order valence-electron chi connectivity index (χ4n) is 1.50. The van der Waals surface area contributed by atoms with Gasteiger partial charge in [-0.3, -0.25) is 4.79 Å². The molecule has 0 spiro atoms. The van der Waals surface area contributed by atoms with Gasteiger partial charge in [0.05, 0.1) is 11.3 Å². The monoisotopic (exact) mass is 326 g/mol. The quantitative estimate of drug-likeness (QED) is 0.829. The zero-order valence-electron chi connectivity index (χ0n) is 9.58. The number of nitrogens with two attached hydrogens (primary N) is 1. The molecule has 0 fully saturated rings. The summed E-state index contributed by atoms with van der Waals surface area (Å²) in [6.07, 6.45) is 0. The van der Waals surface area contributed by atoms with Crippen LogP contribution < -0.4 is 11.1 Å². The first kappa shape index (κ1) is 13.5. The molecule has 0 bridgehead atoms. The van der Waals surface area contributed by atoms with Gasteiger partial charge in [0.2, 0.25) is 0 Å². The van der Waals surface area contributed by atoms with Crippen molar-refractivity contribution < 1.29 is 13.6 Å². The topological polar surface area (TPSA) is 55.1 Å². The Morgan fingerprint density at radius 2 is 1.95 bits per heavy atom. The van der Waals surface area contributed by atoms with Gasteiger partial charge in [-0.1, -0.05) is 6.07 Å². The number of rotatable bonds is 2. The van der Waals surface area contributed by atoms with Gasteiger partial charge in [-0.25, -0.2) is 8.78 Å². The van der Waals surface area contributed by atoms with E-state index in [0.29, 0.717) is 15.8 Å². The molecule has 0 saturated carbocycles. The van der Waals surface area contributed by atoms with Gasteiger partial charge in [0.15, 0.2) is 11.6 Å². The van der Waals surface area contributed by atoms with Crippen LogP contribution in [-0.2, 0) is 0 Å². The standard InChI is InChI=1S/C13H9BrF2N2O/c14-9-6-7(17)4-5-11(9)18-13(19)8-2-1-3-10(15)12(8)16/h1-6H,17H2,(H,18,19). The fraction of sp³-hybridized carbons (Fsp3) is 0. The summed E-state index contributed by atoms with van der Waals surface area (Å²) in [4.78, 5) is 11.9. The highest BCUT2D eigenvalue weighted by Gasteiger charge is 2.15. The number of benzene rings is 2. The molecule has 0 saturated heterocycles. The van der Waals surface area contributed by atoms with Crippen molar-refractivity contribution in [3.63, 3.8) is 0 Å². The van der Waals surface area contributed by atoms with Crippen molar-refractivity contribution in [2.24, 2.45) is 0 Å². The zero-order chi connectivity index (χ0) is 14.0. The van der Waals surface area contributed by atoms with Crippen molar-refractivity contribution >= 4 is 33.2 Å². The maximum absolute atomic E-state index is 13.5. The number of amides is 1. The number of nitrogen functional groups attached to an aromatic ring is 1. The molecule has 0 aliphatic rings. The number of hydrogen-bond donors (Lipinski definition) is 2. The van der Waals surface area contributed by atoms with Crippen molar-refractivity contribution in [2.45, 2.75) is 0 Å². The van der Waals surface area contributed by atoms with Crippen LogP contribution in [0.15, 0.2) is 40.9 Å². The molecule has 0 aliphatic heterocycles. The Labute approximate surface area is 116 Å². The van der Waals surface area contributed by atoms with Gasteiger partial charge >= 0.3 is 0 Å². The third kappa shape index (κ3) is 2.90. The lowest BCUT2D eigenvalue weighted by atomic mass is 10.2. The second-order valence-corrected chi connectivity index (χ2v) is 4.65. The molecule has 3 N–H and O–H groups in total. The molecule has 0 unspecified atom stereocenters. The number of carbonyl (C=O) groups is 1. The van der Waals surface area contributed by atoms with Crippen LogP contribution in [0.1, 0.15) is 10.4 Å². The number of hydrogen-bond acceptors (Lipinski definition) is 2. The molecule has 2 rings (SSSR count). The summed E-state index contributed by atoms with van der Waals surface area (Å²) in [6, 6.07) is 8.17. The lowest BCUT2D eigenvalue weighted by Gasteiger charge is -2.08. The molecule has 3 nitrogen and oxygen atoms in total. The van der Waals surface area contributed by atoms with Crippen LogP contribution in [0.5, 0.6) is 0 Å². The molecule has 98 valence electrons. The molecule has 2 aromatic rings. The van der Waals surface area contributed by atoms with Crippen LogP contribution in [-0.4, -0.2) is 5.91 Å². The second kappa shape index (κ2) is 5.36. The van der Waals surface area contributed by atoms with E-state index in [1.54, 1.807) is 18.2 Å². The molecule has 0 atom stereocenters. The summed E-state index contributed by atoms with van der Waals surface area (Å²) >= 11 is 3.22. The number of carbonyl (C=O) groups excluding carboxylic acids is 1. The van der Waals surface area contributed by atoms with E-state index in [4.69, 9.17) is 5.73 Å². The molecule has 1 amide bonds. The number of nitrogens with one attached hydrogen (secondary N) is 1. The first-order valence-corrected chi connectivity index (χ1v) is 6.08. The van der Waals surface area contributed by atoms with E-state index in [1.165, 1.54) is 12.1 Å². The average molecular weight is 327 g/mol. The van der Waals surface area contributed by atoms with Crippen LogP contribution in [0.2, 0.25) is 0 Å². The summed E-state index contributed by atoms with van der Waals surface area (Å²) in [7, 11) is 0. The number of anilines is 2. The highest BCUT2D eigenvalue weighted by Crippen LogP contribution is 2.25. The van der Waals surface area contributed by atoms with E-state index >= 15 is 0 Å². The smallest absolute Gasteiger partial charge is 0.258 e. The van der Waals surface area contributed by atoms with Crippen molar-refractivity contribution in [1.82, 2.24) is 0 Å². The molecular formula is C13H9BrF2N2O. The van der Waals surface area contributed by atoms with Crippen LogP contribution in [0.25, 0.3) is 0 Å². The first-order chi connectivity index (χ1) is 8.99.